The molecule has 124 valence electrons. The number of aromatic nitrogens is 2. The Labute approximate surface area is 144 Å². The lowest BCUT2D eigenvalue weighted by Crippen LogP contribution is -2.23. The van der Waals surface area contributed by atoms with Crippen molar-refractivity contribution >= 4 is 11.3 Å². The van der Waals surface area contributed by atoms with Crippen LogP contribution >= 0.6 is 11.3 Å². The van der Waals surface area contributed by atoms with Crippen molar-refractivity contribution in [2.24, 2.45) is 0 Å². The zero-order chi connectivity index (χ0) is 16.4. The van der Waals surface area contributed by atoms with Crippen LogP contribution < -0.4 is 4.74 Å². The second-order valence-corrected chi connectivity index (χ2v) is 6.71. The van der Waals surface area contributed by atoms with E-state index in [9.17, 15) is 0 Å². The topological polar surface area (TPSA) is 51.4 Å². The maximum atomic E-state index is 5.94. The first-order valence-corrected chi connectivity index (χ1v) is 9.01. The highest BCUT2D eigenvalue weighted by Gasteiger charge is 2.30. The van der Waals surface area contributed by atoms with Crippen LogP contribution in [0.3, 0.4) is 0 Å². The third kappa shape index (κ3) is 3.07. The molecule has 24 heavy (non-hydrogen) atoms. The summed E-state index contributed by atoms with van der Waals surface area (Å²) < 4.78 is 11.2. The van der Waals surface area contributed by atoms with Gasteiger partial charge < -0.3 is 9.15 Å². The summed E-state index contributed by atoms with van der Waals surface area (Å²) in [6, 6.07) is 10.4. The predicted molar refractivity (Wildman–Crippen MR) is 93.0 cm³/mol. The molecule has 0 bridgehead atoms. The lowest BCUT2D eigenvalue weighted by atomic mass is 10.1. The molecule has 0 saturated carbocycles. The summed E-state index contributed by atoms with van der Waals surface area (Å²) in [4.78, 5) is 2.41. The SMILES string of the molecule is COc1ccc(CN2CCCC2c2nnc(-c3ccsc3)o2)cc1. The second-order valence-electron chi connectivity index (χ2n) is 5.93. The van der Waals surface area contributed by atoms with E-state index in [0.29, 0.717) is 5.89 Å². The van der Waals surface area contributed by atoms with E-state index in [0.717, 1.165) is 43.1 Å². The molecule has 1 atom stereocenters. The molecule has 3 aromatic rings. The summed E-state index contributed by atoms with van der Waals surface area (Å²) in [6.07, 6.45) is 2.21. The molecular weight excluding hydrogens is 322 g/mol. The van der Waals surface area contributed by atoms with Crippen molar-refractivity contribution in [2.45, 2.75) is 25.4 Å². The average molecular weight is 341 g/mol. The predicted octanol–water partition coefficient (Wildman–Crippen LogP) is 4.14. The molecule has 0 N–H and O–H groups in total. The van der Waals surface area contributed by atoms with Gasteiger partial charge >= 0.3 is 0 Å². The number of methoxy groups -OCH3 is 1. The van der Waals surface area contributed by atoms with Crippen molar-refractivity contribution in [3.8, 4) is 17.2 Å². The average Bonchev–Trinajstić information content (AvgIpc) is 3.36. The van der Waals surface area contributed by atoms with Gasteiger partial charge in [-0.05, 0) is 48.5 Å². The van der Waals surface area contributed by atoms with E-state index in [4.69, 9.17) is 9.15 Å². The quantitative estimate of drug-likeness (QED) is 0.698. The first-order valence-electron chi connectivity index (χ1n) is 8.06. The molecule has 1 fully saturated rings. The largest absolute Gasteiger partial charge is 0.497 e. The number of rotatable bonds is 5. The zero-order valence-corrected chi connectivity index (χ0v) is 14.3. The van der Waals surface area contributed by atoms with Gasteiger partial charge in [-0.2, -0.15) is 11.3 Å². The Morgan fingerprint density at radius 2 is 2.12 bits per heavy atom. The summed E-state index contributed by atoms with van der Waals surface area (Å²) in [5.74, 6) is 2.22. The molecule has 0 aliphatic carbocycles. The van der Waals surface area contributed by atoms with E-state index >= 15 is 0 Å². The Balaban J connectivity index is 1.50. The third-order valence-corrected chi connectivity index (χ3v) is 5.09. The van der Waals surface area contributed by atoms with Crippen LogP contribution in [0.4, 0.5) is 0 Å². The highest BCUT2D eigenvalue weighted by atomic mass is 32.1. The van der Waals surface area contributed by atoms with E-state index in [1.807, 2.05) is 29.0 Å². The van der Waals surface area contributed by atoms with E-state index in [1.165, 1.54) is 5.56 Å². The van der Waals surface area contributed by atoms with Crippen LogP contribution in [0.15, 0.2) is 45.5 Å². The maximum absolute atomic E-state index is 5.94. The highest BCUT2D eigenvalue weighted by molar-refractivity contribution is 7.08. The van der Waals surface area contributed by atoms with Gasteiger partial charge in [0.15, 0.2) is 0 Å². The number of likely N-dealkylation sites (tertiary alicyclic amines) is 1. The first-order chi connectivity index (χ1) is 11.8. The standard InChI is InChI=1S/C18H19N3O2S/c1-22-15-6-4-13(5-7-15)11-21-9-2-3-16(21)18-20-19-17(23-18)14-8-10-24-12-14/h4-8,10,12,16H,2-3,9,11H2,1H3. The van der Waals surface area contributed by atoms with Crippen molar-refractivity contribution in [2.75, 3.05) is 13.7 Å². The molecule has 1 aromatic carbocycles. The van der Waals surface area contributed by atoms with E-state index < -0.39 is 0 Å². The van der Waals surface area contributed by atoms with E-state index in [-0.39, 0.29) is 6.04 Å². The van der Waals surface area contributed by atoms with Crippen LogP contribution in [0.2, 0.25) is 0 Å². The molecule has 0 radical (unpaired) electrons. The number of benzene rings is 1. The van der Waals surface area contributed by atoms with Crippen molar-refractivity contribution in [3.05, 3.63) is 52.5 Å². The molecule has 1 aliphatic rings. The van der Waals surface area contributed by atoms with Gasteiger partial charge in [0.05, 0.1) is 13.2 Å². The number of thiophene rings is 1. The van der Waals surface area contributed by atoms with Gasteiger partial charge in [0, 0.05) is 17.5 Å². The molecule has 6 heteroatoms. The first kappa shape index (κ1) is 15.4. The zero-order valence-electron chi connectivity index (χ0n) is 13.5. The Hall–Kier alpha value is -2.18. The van der Waals surface area contributed by atoms with Crippen molar-refractivity contribution in [1.29, 1.82) is 0 Å². The summed E-state index contributed by atoms with van der Waals surface area (Å²) in [7, 11) is 1.69. The van der Waals surface area contributed by atoms with Crippen molar-refractivity contribution < 1.29 is 9.15 Å². The Morgan fingerprint density at radius 1 is 1.25 bits per heavy atom. The third-order valence-electron chi connectivity index (χ3n) is 4.40. The van der Waals surface area contributed by atoms with Crippen molar-refractivity contribution in [1.82, 2.24) is 15.1 Å². The van der Waals surface area contributed by atoms with Gasteiger partial charge in [-0.1, -0.05) is 12.1 Å². The summed E-state index contributed by atoms with van der Waals surface area (Å²) in [5, 5.41) is 12.6. The van der Waals surface area contributed by atoms with Crippen LogP contribution in [-0.2, 0) is 6.54 Å². The lowest BCUT2D eigenvalue weighted by molar-refractivity contribution is 0.215. The minimum absolute atomic E-state index is 0.201. The molecule has 1 unspecified atom stereocenters. The monoisotopic (exact) mass is 341 g/mol. The lowest BCUT2D eigenvalue weighted by Gasteiger charge is -2.21. The summed E-state index contributed by atoms with van der Waals surface area (Å²) in [5.41, 5.74) is 2.26. The maximum Gasteiger partial charge on any atom is 0.248 e. The van der Waals surface area contributed by atoms with Crippen LogP contribution in [-0.4, -0.2) is 28.8 Å². The molecular formula is C18H19N3O2S. The number of hydrogen-bond acceptors (Lipinski definition) is 6. The van der Waals surface area contributed by atoms with Crippen LogP contribution in [0, 0.1) is 0 Å². The molecule has 1 aliphatic heterocycles. The van der Waals surface area contributed by atoms with Gasteiger partial charge in [0.1, 0.15) is 5.75 Å². The van der Waals surface area contributed by atoms with E-state index in [2.05, 4.69) is 27.2 Å². The normalized spacial score (nSPS) is 18.1. The van der Waals surface area contributed by atoms with Crippen LogP contribution in [0.1, 0.15) is 30.3 Å². The summed E-state index contributed by atoms with van der Waals surface area (Å²) in [6.45, 7) is 1.93. The second kappa shape index (κ2) is 6.75. The molecule has 5 nitrogen and oxygen atoms in total. The van der Waals surface area contributed by atoms with Crippen molar-refractivity contribution in [3.63, 3.8) is 0 Å². The Bertz CT molecular complexity index is 783. The number of hydrogen-bond donors (Lipinski definition) is 0. The smallest absolute Gasteiger partial charge is 0.248 e. The summed E-state index contributed by atoms with van der Waals surface area (Å²) >= 11 is 1.63. The fourth-order valence-electron chi connectivity index (χ4n) is 3.13. The molecule has 0 spiro atoms. The molecule has 4 rings (SSSR count). The minimum atomic E-state index is 0.201. The van der Waals surface area contributed by atoms with E-state index in [1.54, 1.807) is 18.4 Å². The molecule has 3 heterocycles. The number of nitrogens with zero attached hydrogens (tertiary/aromatic N) is 3. The van der Waals surface area contributed by atoms with Crippen LogP contribution in [0.25, 0.3) is 11.5 Å². The van der Waals surface area contributed by atoms with Gasteiger partial charge in [-0.25, -0.2) is 0 Å². The Morgan fingerprint density at radius 3 is 2.88 bits per heavy atom. The Kier molecular flexibility index (Phi) is 4.32. The highest BCUT2D eigenvalue weighted by Crippen LogP contribution is 2.34. The van der Waals surface area contributed by atoms with Crippen LogP contribution in [0.5, 0.6) is 5.75 Å². The fraction of sp³-hybridized carbons (Fsp3) is 0.333. The van der Waals surface area contributed by atoms with Gasteiger partial charge in [0.25, 0.3) is 0 Å². The molecule has 0 amide bonds. The van der Waals surface area contributed by atoms with Gasteiger partial charge in [0.2, 0.25) is 11.8 Å². The van der Waals surface area contributed by atoms with Gasteiger partial charge in [-0.3, -0.25) is 4.90 Å². The fourth-order valence-corrected chi connectivity index (χ4v) is 3.76. The van der Waals surface area contributed by atoms with Gasteiger partial charge in [-0.15, -0.1) is 10.2 Å². The minimum Gasteiger partial charge on any atom is -0.497 e. The number of ether oxygens (including phenoxy) is 1. The molecule has 1 saturated heterocycles. The molecule has 2 aromatic heterocycles.